The molecule has 82 valence electrons. The van der Waals surface area contributed by atoms with Crippen LogP contribution in [0.4, 0.5) is 0 Å². The highest BCUT2D eigenvalue weighted by atomic mass is 35.5. The first-order chi connectivity index (χ1) is 7.66. The van der Waals surface area contributed by atoms with Crippen LogP contribution in [-0.4, -0.2) is 5.78 Å². The van der Waals surface area contributed by atoms with E-state index < -0.39 is 0 Å². The zero-order chi connectivity index (χ0) is 11.5. The van der Waals surface area contributed by atoms with Crippen LogP contribution in [0, 0.1) is 6.92 Å². The Balaban J connectivity index is 2.24. The number of hydrogen-bond donors (Lipinski definition) is 0. The summed E-state index contributed by atoms with van der Waals surface area (Å²) < 4.78 is 5.14. The largest absolute Gasteiger partial charge is 0.469 e. The van der Waals surface area contributed by atoms with Crippen molar-refractivity contribution in [2.45, 2.75) is 13.3 Å². The second-order valence-corrected chi connectivity index (χ2v) is 4.07. The van der Waals surface area contributed by atoms with Gasteiger partial charge in [0, 0.05) is 10.6 Å². The van der Waals surface area contributed by atoms with Gasteiger partial charge in [-0.05, 0) is 36.8 Å². The zero-order valence-electron chi connectivity index (χ0n) is 8.87. The van der Waals surface area contributed by atoms with Gasteiger partial charge < -0.3 is 4.42 Å². The number of carbonyl (C=O) groups is 1. The Labute approximate surface area is 98.8 Å². The van der Waals surface area contributed by atoms with Crippen molar-refractivity contribution < 1.29 is 9.21 Å². The SMILES string of the molecule is Cc1ccc(Cl)cc1C(=O)Cc1ccco1. The van der Waals surface area contributed by atoms with Gasteiger partial charge in [-0.2, -0.15) is 0 Å². The van der Waals surface area contributed by atoms with Crippen LogP contribution in [0.25, 0.3) is 0 Å². The molecule has 16 heavy (non-hydrogen) atoms. The molecule has 1 heterocycles. The standard InChI is InChI=1S/C13H11ClO2/c1-9-4-5-10(14)7-12(9)13(15)8-11-3-2-6-16-11/h2-7H,8H2,1H3. The predicted octanol–water partition coefficient (Wildman–Crippen LogP) is 3.67. The van der Waals surface area contributed by atoms with Gasteiger partial charge in [-0.3, -0.25) is 4.79 Å². The molecule has 2 aromatic rings. The number of carbonyl (C=O) groups excluding carboxylic acids is 1. The van der Waals surface area contributed by atoms with E-state index in [1.54, 1.807) is 30.5 Å². The average Bonchev–Trinajstić information content (AvgIpc) is 2.74. The third-order valence-corrected chi connectivity index (χ3v) is 2.65. The highest BCUT2D eigenvalue weighted by Gasteiger charge is 2.11. The summed E-state index contributed by atoms with van der Waals surface area (Å²) in [5.74, 6) is 0.694. The van der Waals surface area contributed by atoms with Crippen LogP contribution >= 0.6 is 11.6 Å². The lowest BCUT2D eigenvalue weighted by molar-refractivity contribution is 0.0986. The van der Waals surface area contributed by atoms with Crippen molar-refractivity contribution in [3.8, 4) is 0 Å². The first-order valence-corrected chi connectivity index (χ1v) is 5.36. The fourth-order valence-corrected chi connectivity index (χ4v) is 1.73. The molecule has 3 heteroatoms. The maximum Gasteiger partial charge on any atom is 0.170 e. The molecule has 0 amide bonds. The van der Waals surface area contributed by atoms with Crippen molar-refractivity contribution in [3.63, 3.8) is 0 Å². The quantitative estimate of drug-likeness (QED) is 0.759. The summed E-state index contributed by atoms with van der Waals surface area (Å²) in [5, 5.41) is 0.577. The summed E-state index contributed by atoms with van der Waals surface area (Å²) in [6.45, 7) is 1.89. The number of Topliss-reactive ketones (excluding diaryl/α,β-unsaturated/α-hetero) is 1. The van der Waals surface area contributed by atoms with Gasteiger partial charge in [0.05, 0.1) is 12.7 Å². The number of hydrogen-bond acceptors (Lipinski definition) is 2. The molecular formula is C13H11ClO2. The highest BCUT2D eigenvalue weighted by Crippen LogP contribution is 2.17. The van der Waals surface area contributed by atoms with Gasteiger partial charge in [-0.1, -0.05) is 17.7 Å². The van der Waals surface area contributed by atoms with Crippen molar-refractivity contribution in [2.75, 3.05) is 0 Å². The molecule has 1 aromatic carbocycles. The van der Waals surface area contributed by atoms with E-state index in [1.165, 1.54) is 0 Å². The van der Waals surface area contributed by atoms with Gasteiger partial charge >= 0.3 is 0 Å². The van der Waals surface area contributed by atoms with Crippen LogP contribution in [0.5, 0.6) is 0 Å². The van der Waals surface area contributed by atoms with E-state index in [0.29, 0.717) is 16.3 Å². The van der Waals surface area contributed by atoms with Gasteiger partial charge in [0.25, 0.3) is 0 Å². The molecule has 0 atom stereocenters. The first-order valence-electron chi connectivity index (χ1n) is 4.98. The topological polar surface area (TPSA) is 30.2 Å². The molecule has 0 aliphatic heterocycles. The Hall–Kier alpha value is -1.54. The average molecular weight is 235 g/mol. The summed E-state index contributed by atoms with van der Waals surface area (Å²) in [6.07, 6.45) is 1.83. The maximum absolute atomic E-state index is 12.0. The number of halogens is 1. The Morgan fingerprint density at radius 1 is 1.38 bits per heavy atom. The second kappa shape index (κ2) is 4.54. The molecule has 0 N–H and O–H groups in total. The van der Waals surface area contributed by atoms with Gasteiger partial charge in [0.1, 0.15) is 5.76 Å². The Kier molecular flexibility index (Phi) is 3.11. The lowest BCUT2D eigenvalue weighted by Gasteiger charge is -2.04. The number of ketones is 1. The van der Waals surface area contributed by atoms with Crippen LogP contribution in [-0.2, 0) is 6.42 Å². The van der Waals surface area contributed by atoms with Crippen molar-refractivity contribution in [1.29, 1.82) is 0 Å². The highest BCUT2D eigenvalue weighted by molar-refractivity contribution is 6.31. The summed E-state index contributed by atoms with van der Waals surface area (Å²) in [4.78, 5) is 12.0. The van der Waals surface area contributed by atoms with E-state index in [4.69, 9.17) is 16.0 Å². The first kappa shape index (κ1) is 11.0. The predicted molar refractivity (Wildman–Crippen MR) is 62.9 cm³/mol. The second-order valence-electron chi connectivity index (χ2n) is 3.64. The minimum atomic E-state index is 0.0231. The van der Waals surface area contributed by atoms with Crippen LogP contribution in [0.1, 0.15) is 21.7 Å². The zero-order valence-corrected chi connectivity index (χ0v) is 9.62. The molecule has 0 unspecified atom stereocenters. The smallest absolute Gasteiger partial charge is 0.170 e. The normalized spacial score (nSPS) is 10.4. The Bertz CT molecular complexity index is 501. The van der Waals surface area contributed by atoms with Crippen molar-refractivity contribution in [1.82, 2.24) is 0 Å². The molecule has 0 fully saturated rings. The molecular weight excluding hydrogens is 224 g/mol. The van der Waals surface area contributed by atoms with Crippen LogP contribution in [0.3, 0.4) is 0 Å². The lowest BCUT2D eigenvalue weighted by Crippen LogP contribution is -2.04. The van der Waals surface area contributed by atoms with Crippen molar-refractivity contribution >= 4 is 17.4 Å². The minimum Gasteiger partial charge on any atom is -0.469 e. The summed E-state index contributed by atoms with van der Waals surface area (Å²) >= 11 is 5.87. The molecule has 2 rings (SSSR count). The molecule has 1 aromatic heterocycles. The monoisotopic (exact) mass is 234 g/mol. The Morgan fingerprint density at radius 3 is 2.88 bits per heavy atom. The number of furan rings is 1. The molecule has 0 saturated carbocycles. The molecule has 0 radical (unpaired) electrons. The van der Waals surface area contributed by atoms with E-state index in [-0.39, 0.29) is 12.2 Å². The third-order valence-electron chi connectivity index (χ3n) is 2.41. The number of aryl methyl sites for hydroxylation is 1. The fraction of sp³-hybridized carbons (Fsp3) is 0.154. The maximum atomic E-state index is 12.0. The van der Waals surface area contributed by atoms with Crippen molar-refractivity contribution in [3.05, 3.63) is 58.5 Å². The lowest BCUT2D eigenvalue weighted by atomic mass is 10.0. The van der Waals surface area contributed by atoms with Gasteiger partial charge in [-0.25, -0.2) is 0 Å². The molecule has 2 nitrogen and oxygen atoms in total. The van der Waals surface area contributed by atoms with Crippen LogP contribution in [0.15, 0.2) is 41.0 Å². The summed E-state index contributed by atoms with van der Waals surface area (Å²) in [5.41, 5.74) is 1.59. The van der Waals surface area contributed by atoms with E-state index in [2.05, 4.69) is 0 Å². The van der Waals surface area contributed by atoms with E-state index in [0.717, 1.165) is 5.56 Å². The van der Waals surface area contributed by atoms with Gasteiger partial charge in [0.2, 0.25) is 0 Å². The van der Waals surface area contributed by atoms with E-state index in [9.17, 15) is 4.79 Å². The molecule has 0 bridgehead atoms. The molecule has 0 spiro atoms. The number of rotatable bonds is 3. The van der Waals surface area contributed by atoms with E-state index in [1.807, 2.05) is 13.0 Å². The van der Waals surface area contributed by atoms with Crippen molar-refractivity contribution in [2.24, 2.45) is 0 Å². The van der Waals surface area contributed by atoms with Gasteiger partial charge in [0.15, 0.2) is 5.78 Å². The molecule has 0 aliphatic carbocycles. The number of benzene rings is 1. The van der Waals surface area contributed by atoms with E-state index >= 15 is 0 Å². The van der Waals surface area contributed by atoms with Crippen LogP contribution < -0.4 is 0 Å². The third kappa shape index (κ3) is 2.34. The minimum absolute atomic E-state index is 0.0231. The molecule has 0 saturated heterocycles. The van der Waals surface area contributed by atoms with Crippen LogP contribution in [0.2, 0.25) is 5.02 Å². The Morgan fingerprint density at radius 2 is 2.19 bits per heavy atom. The molecule has 0 aliphatic rings. The van der Waals surface area contributed by atoms with Gasteiger partial charge in [-0.15, -0.1) is 0 Å². The fourth-order valence-electron chi connectivity index (χ4n) is 1.56. The summed E-state index contributed by atoms with van der Waals surface area (Å²) in [7, 11) is 0. The summed E-state index contributed by atoms with van der Waals surface area (Å²) in [6, 6.07) is 8.88.